The van der Waals surface area contributed by atoms with Crippen LogP contribution in [0, 0.1) is 30.1 Å². The van der Waals surface area contributed by atoms with Gasteiger partial charge in [0.05, 0.1) is 5.75 Å². The highest BCUT2D eigenvalue weighted by molar-refractivity contribution is 7.99. The number of carbonyl (C=O) groups is 1. The highest BCUT2D eigenvalue weighted by Gasteiger charge is 2.53. The maximum absolute atomic E-state index is 12.8. The first kappa shape index (κ1) is 20.1. The van der Waals surface area contributed by atoms with Crippen LogP contribution >= 0.6 is 11.8 Å². The van der Waals surface area contributed by atoms with Gasteiger partial charge in [-0.2, -0.15) is 0 Å². The number of benzene rings is 1. The van der Waals surface area contributed by atoms with E-state index in [0.29, 0.717) is 11.2 Å². The average Bonchev–Trinajstić information content (AvgIpc) is 3.06. The zero-order valence-corrected chi connectivity index (χ0v) is 19.0. The summed E-state index contributed by atoms with van der Waals surface area (Å²) in [5.41, 5.74) is 2.60. The quantitative estimate of drug-likeness (QED) is 0.688. The monoisotopic (exact) mass is 424 g/mol. The van der Waals surface area contributed by atoms with Gasteiger partial charge in [-0.05, 0) is 81.1 Å². The van der Waals surface area contributed by atoms with Gasteiger partial charge < -0.3 is 9.88 Å². The molecule has 4 aliphatic carbocycles. The van der Waals surface area contributed by atoms with Gasteiger partial charge in [-0.25, -0.2) is 0 Å². The summed E-state index contributed by atoms with van der Waals surface area (Å²) >= 11 is 1.47. The van der Waals surface area contributed by atoms with Gasteiger partial charge in [0.25, 0.3) is 0 Å². The fourth-order valence-corrected chi connectivity index (χ4v) is 7.50. The largest absolute Gasteiger partial charge is 0.352 e. The third-order valence-electron chi connectivity index (χ3n) is 7.93. The van der Waals surface area contributed by atoms with E-state index < -0.39 is 0 Å². The molecule has 4 fully saturated rings. The highest BCUT2D eigenvalue weighted by atomic mass is 32.2. The van der Waals surface area contributed by atoms with E-state index in [9.17, 15) is 4.79 Å². The number of carbonyl (C=O) groups excluding carboxylic acids is 1. The van der Waals surface area contributed by atoms with Gasteiger partial charge in [-0.15, -0.1) is 10.2 Å². The maximum atomic E-state index is 12.8. The van der Waals surface area contributed by atoms with Crippen molar-refractivity contribution in [2.24, 2.45) is 30.2 Å². The van der Waals surface area contributed by atoms with Crippen molar-refractivity contribution in [2.45, 2.75) is 63.6 Å². The van der Waals surface area contributed by atoms with E-state index in [-0.39, 0.29) is 11.9 Å². The topological polar surface area (TPSA) is 59.8 Å². The van der Waals surface area contributed by atoms with Crippen molar-refractivity contribution in [3.63, 3.8) is 0 Å². The second-order valence-electron chi connectivity index (χ2n) is 10.0. The van der Waals surface area contributed by atoms with Crippen molar-refractivity contribution in [2.75, 3.05) is 5.75 Å². The summed E-state index contributed by atoms with van der Waals surface area (Å²) in [5.74, 6) is 4.06. The van der Waals surface area contributed by atoms with Gasteiger partial charge in [0.15, 0.2) is 11.0 Å². The van der Waals surface area contributed by atoms with Crippen LogP contribution in [-0.4, -0.2) is 32.5 Å². The zero-order chi connectivity index (χ0) is 20.9. The van der Waals surface area contributed by atoms with Gasteiger partial charge in [-0.1, -0.05) is 36.0 Å². The van der Waals surface area contributed by atoms with Crippen LogP contribution in [0.4, 0.5) is 0 Å². The van der Waals surface area contributed by atoms with E-state index in [2.05, 4.69) is 41.5 Å². The number of thioether (sulfide) groups is 1. The minimum atomic E-state index is 0.115. The van der Waals surface area contributed by atoms with E-state index in [1.807, 2.05) is 23.7 Å². The number of aryl methyl sites for hydroxylation is 1. The molecule has 1 unspecified atom stereocenters. The first-order valence-corrected chi connectivity index (χ1v) is 12.3. The number of nitrogens with one attached hydrogen (secondary N) is 1. The molecule has 6 heteroatoms. The first-order chi connectivity index (χ1) is 14.4. The van der Waals surface area contributed by atoms with Crippen LogP contribution in [0.5, 0.6) is 0 Å². The number of aromatic nitrogens is 3. The van der Waals surface area contributed by atoms with Crippen molar-refractivity contribution >= 4 is 17.7 Å². The Morgan fingerprint density at radius 3 is 2.43 bits per heavy atom. The summed E-state index contributed by atoms with van der Waals surface area (Å²) in [6.45, 7) is 4.32. The molecule has 1 atom stereocenters. The van der Waals surface area contributed by atoms with Gasteiger partial charge in [-0.3, -0.25) is 4.79 Å². The lowest BCUT2D eigenvalue weighted by molar-refractivity contribution is -0.123. The van der Waals surface area contributed by atoms with Crippen molar-refractivity contribution in [3.05, 3.63) is 29.8 Å². The molecule has 0 radical (unpaired) electrons. The van der Waals surface area contributed by atoms with Gasteiger partial charge >= 0.3 is 0 Å². The lowest BCUT2D eigenvalue weighted by atomic mass is 9.48. The minimum absolute atomic E-state index is 0.115. The van der Waals surface area contributed by atoms with Crippen molar-refractivity contribution in [1.29, 1.82) is 0 Å². The third kappa shape index (κ3) is 3.57. The Balaban J connectivity index is 1.21. The normalized spacial score (nSPS) is 30.4. The fraction of sp³-hybridized carbons (Fsp3) is 0.625. The van der Waals surface area contributed by atoms with Crippen molar-refractivity contribution in [3.8, 4) is 11.4 Å². The predicted octanol–water partition coefficient (Wildman–Crippen LogP) is 4.60. The summed E-state index contributed by atoms with van der Waals surface area (Å²) in [5, 5.41) is 12.8. The molecule has 2 aromatic rings. The second kappa shape index (κ2) is 7.70. The van der Waals surface area contributed by atoms with E-state index in [4.69, 9.17) is 0 Å². The summed E-state index contributed by atoms with van der Waals surface area (Å²) < 4.78 is 1.99. The Morgan fingerprint density at radius 2 is 1.80 bits per heavy atom. The van der Waals surface area contributed by atoms with Crippen LogP contribution in [0.15, 0.2) is 29.4 Å². The highest BCUT2D eigenvalue weighted by Crippen LogP contribution is 2.61. The maximum Gasteiger partial charge on any atom is 0.230 e. The molecule has 6 rings (SSSR count). The predicted molar refractivity (Wildman–Crippen MR) is 120 cm³/mol. The number of amides is 1. The molecule has 5 nitrogen and oxygen atoms in total. The number of rotatable bonds is 6. The molecule has 0 saturated heterocycles. The third-order valence-corrected chi connectivity index (χ3v) is 8.96. The van der Waals surface area contributed by atoms with Crippen LogP contribution in [-0.2, 0) is 11.8 Å². The molecule has 4 aliphatic rings. The van der Waals surface area contributed by atoms with E-state index in [1.165, 1.54) is 55.9 Å². The Labute approximate surface area is 183 Å². The van der Waals surface area contributed by atoms with Gasteiger partial charge in [0.2, 0.25) is 5.91 Å². The molecule has 1 heterocycles. The first-order valence-electron chi connectivity index (χ1n) is 11.3. The molecule has 1 N–H and O–H groups in total. The molecule has 1 aromatic carbocycles. The standard InChI is InChI=1S/C24H32N4OS/c1-15-6-4-5-7-20(15)22-26-27-23(28(22)3)30-14-21(29)25-16(2)24-11-17-8-18(12-24)10-19(9-17)13-24/h4-7,16-19H,8-14H2,1-3H3,(H,25,29). The van der Waals surface area contributed by atoms with Crippen LogP contribution < -0.4 is 5.32 Å². The Kier molecular flexibility index (Phi) is 5.16. The lowest BCUT2D eigenvalue weighted by Crippen LogP contribution is -2.56. The molecular formula is C24H32N4OS. The van der Waals surface area contributed by atoms with Crippen molar-refractivity contribution < 1.29 is 4.79 Å². The SMILES string of the molecule is Cc1ccccc1-c1nnc(SCC(=O)NC(C)C23CC4CC(CC(C4)C2)C3)n1C. The number of hydrogen-bond acceptors (Lipinski definition) is 4. The van der Waals surface area contributed by atoms with Gasteiger partial charge in [0, 0.05) is 18.7 Å². The van der Waals surface area contributed by atoms with Crippen LogP contribution in [0.2, 0.25) is 0 Å². The molecule has 1 aromatic heterocycles. The molecule has 0 aliphatic heterocycles. The van der Waals surface area contributed by atoms with E-state index in [1.54, 1.807) is 0 Å². The van der Waals surface area contributed by atoms with E-state index in [0.717, 1.165) is 34.3 Å². The number of nitrogens with zero attached hydrogens (tertiary/aromatic N) is 3. The zero-order valence-electron chi connectivity index (χ0n) is 18.2. The van der Waals surface area contributed by atoms with Crippen LogP contribution in [0.25, 0.3) is 11.4 Å². The Morgan fingerprint density at radius 1 is 1.17 bits per heavy atom. The van der Waals surface area contributed by atoms with Crippen molar-refractivity contribution in [1.82, 2.24) is 20.1 Å². The fourth-order valence-electron chi connectivity index (χ4n) is 6.77. The molecule has 160 valence electrons. The molecule has 1 amide bonds. The summed E-state index contributed by atoms with van der Waals surface area (Å²) in [6.07, 6.45) is 8.26. The smallest absolute Gasteiger partial charge is 0.230 e. The van der Waals surface area contributed by atoms with Crippen LogP contribution in [0.1, 0.15) is 51.0 Å². The molecule has 30 heavy (non-hydrogen) atoms. The number of hydrogen-bond donors (Lipinski definition) is 1. The summed E-state index contributed by atoms with van der Waals surface area (Å²) in [7, 11) is 1.97. The Hall–Kier alpha value is -1.82. The summed E-state index contributed by atoms with van der Waals surface area (Å²) in [6, 6.07) is 8.45. The van der Waals surface area contributed by atoms with Gasteiger partial charge in [0.1, 0.15) is 0 Å². The second-order valence-corrected chi connectivity index (χ2v) is 11.0. The van der Waals surface area contributed by atoms with E-state index >= 15 is 0 Å². The lowest BCUT2D eigenvalue weighted by Gasteiger charge is -2.59. The molecule has 4 saturated carbocycles. The minimum Gasteiger partial charge on any atom is -0.352 e. The molecule has 0 spiro atoms. The molecule has 4 bridgehead atoms. The molecular weight excluding hydrogens is 392 g/mol. The average molecular weight is 425 g/mol. The van der Waals surface area contributed by atoms with Crippen LogP contribution in [0.3, 0.4) is 0 Å². The summed E-state index contributed by atoms with van der Waals surface area (Å²) in [4.78, 5) is 12.8. The Bertz CT molecular complexity index is 917.